The van der Waals surface area contributed by atoms with E-state index in [-0.39, 0.29) is 24.0 Å². The van der Waals surface area contributed by atoms with E-state index in [4.69, 9.17) is 0 Å². The number of thiazole rings is 1. The van der Waals surface area contributed by atoms with Crippen LogP contribution in [0, 0.1) is 0 Å². The van der Waals surface area contributed by atoms with Crippen LogP contribution in [0.3, 0.4) is 0 Å². The second-order valence-electron chi connectivity index (χ2n) is 5.29. The van der Waals surface area contributed by atoms with E-state index in [0.29, 0.717) is 12.5 Å². The van der Waals surface area contributed by atoms with Crippen molar-refractivity contribution >= 4 is 41.3 Å². The van der Waals surface area contributed by atoms with Crippen LogP contribution >= 0.6 is 35.3 Å². The molecule has 122 valence electrons. The van der Waals surface area contributed by atoms with Gasteiger partial charge in [-0.3, -0.25) is 4.99 Å². The molecular formula is C15H24IN5S. The first-order valence-corrected chi connectivity index (χ1v) is 7.96. The highest BCUT2D eigenvalue weighted by atomic mass is 127. The third-order valence-electron chi connectivity index (χ3n) is 3.14. The molecule has 2 aromatic heterocycles. The molecule has 0 bridgehead atoms. The summed E-state index contributed by atoms with van der Waals surface area (Å²) in [6.45, 7) is 5.78. The van der Waals surface area contributed by atoms with E-state index in [2.05, 4.69) is 52.1 Å². The molecule has 0 fully saturated rings. The Bertz CT molecular complexity index is 603. The fourth-order valence-electron chi connectivity index (χ4n) is 1.90. The number of nitrogens with one attached hydrogen (secondary N) is 2. The first-order valence-electron chi connectivity index (χ1n) is 7.08. The molecule has 5 nitrogen and oxygen atoms in total. The standard InChI is InChI=1S/C15H23N5S.HI/c1-11(2)13-10-21-14(19-13)8-18-15(16-3)17-7-12-5-6-20(4)9-12;/h5-6,9-11H,7-8H2,1-4H3,(H2,16,17,18);1H. The van der Waals surface area contributed by atoms with E-state index >= 15 is 0 Å². The summed E-state index contributed by atoms with van der Waals surface area (Å²) >= 11 is 1.69. The lowest BCUT2D eigenvalue weighted by molar-refractivity contribution is 0.784. The number of guanidine groups is 1. The molecule has 0 aliphatic heterocycles. The lowest BCUT2D eigenvalue weighted by Gasteiger charge is -2.10. The molecule has 0 aliphatic carbocycles. The predicted molar refractivity (Wildman–Crippen MR) is 104 cm³/mol. The largest absolute Gasteiger partial charge is 0.357 e. The maximum absolute atomic E-state index is 4.61. The zero-order valence-corrected chi connectivity index (χ0v) is 16.6. The van der Waals surface area contributed by atoms with Crippen LogP contribution in [0.2, 0.25) is 0 Å². The molecule has 0 saturated carbocycles. The van der Waals surface area contributed by atoms with Gasteiger partial charge in [0, 0.05) is 38.4 Å². The second kappa shape index (κ2) is 9.14. The van der Waals surface area contributed by atoms with Crippen molar-refractivity contribution < 1.29 is 0 Å². The normalized spacial score (nSPS) is 11.4. The monoisotopic (exact) mass is 433 g/mol. The van der Waals surface area contributed by atoms with Gasteiger partial charge in [-0.2, -0.15) is 0 Å². The molecule has 0 saturated heterocycles. The van der Waals surface area contributed by atoms with Gasteiger partial charge in [0.15, 0.2) is 5.96 Å². The third-order valence-corrected chi connectivity index (χ3v) is 4.01. The van der Waals surface area contributed by atoms with Crippen molar-refractivity contribution in [3.05, 3.63) is 40.1 Å². The number of aliphatic imine (C=N–C) groups is 1. The Hall–Kier alpha value is -1.09. The Labute approximate surface area is 153 Å². The maximum atomic E-state index is 4.61. The minimum Gasteiger partial charge on any atom is -0.357 e. The first kappa shape index (κ1) is 19.0. The SMILES string of the molecule is CN=C(NCc1ccn(C)c1)NCc1nc(C(C)C)cs1.I. The molecule has 0 radical (unpaired) electrons. The molecule has 22 heavy (non-hydrogen) atoms. The number of aromatic nitrogens is 2. The van der Waals surface area contributed by atoms with E-state index in [0.717, 1.165) is 23.2 Å². The van der Waals surface area contributed by atoms with Crippen molar-refractivity contribution in [2.45, 2.75) is 32.9 Å². The van der Waals surface area contributed by atoms with Crippen molar-refractivity contribution in [3.63, 3.8) is 0 Å². The molecule has 2 N–H and O–H groups in total. The topological polar surface area (TPSA) is 54.2 Å². The smallest absolute Gasteiger partial charge is 0.191 e. The van der Waals surface area contributed by atoms with E-state index in [1.165, 1.54) is 5.56 Å². The van der Waals surface area contributed by atoms with Crippen molar-refractivity contribution in [3.8, 4) is 0 Å². The van der Waals surface area contributed by atoms with Crippen molar-refractivity contribution in [1.29, 1.82) is 0 Å². The van der Waals surface area contributed by atoms with Crippen molar-refractivity contribution in [1.82, 2.24) is 20.2 Å². The van der Waals surface area contributed by atoms with Gasteiger partial charge in [0.2, 0.25) is 0 Å². The fraction of sp³-hybridized carbons (Fsp3) is 0.467. The molecule has 2 heterocycles. The van der Waals surface area contributed by atoms with Crippen LogP contribution in [0.1, 0.15) is 36.0 Å². The molecule has 0 aromatic carbocycles. The van der Waals surface area contributed by atoms with E-state index in [9.17, 15) is 0 Å². The Balaban J connectivity index is 0.00000242. The van der Waals surface area contributed by atoms with Crippen LogP contribution in [0.4, 0.5) is 0 Å². The molecule has 2 aromatic rings. The van der Waals surface area contributed by atoms with Gasteiger partial charge in [-0.25, -0.2) is 4.98 Å². The highest BCUT2D eigenvalue weighted by molar-refractivity contribution is 14.0. The summed E-state index contributed by atoms with van der Waals surface area (Å²) < 4.78 is 2.04. The molecule has 0 spiro atoms. The van der Waals surface area contributed by atoms with Gasteiger partial charge in [0.1, 0.15) is 5.01 Å². The number of rotatable bonds is 5. The fourth-order valence-corrected chi connectivity index (χ4v) is 2.80. The van der Waals surface area contributed by atoms with Gasteiger partial charge >= 0.3 is 0 Å². The van der Waals surface area contributed by atoms with Gasteiger partial charge in [0.05, 0.1) is 12.2 Å². The average Bonchev–Trinajstić information content (AvgIpc) is 3.08. The van der Waals surface area contributed by atoms with Crippen LogP contribution in [-0.2, 0) is 20.1 Å². The Morgan fingerprint density at radius 1 is 1.36 bits per heavy atom. The summed E-state index contributed by atoms with van der Waals surface area (Å²) in [5.74, 6) is 1.27. The minimum absolute atomic E-state index is 0. The van der Waals surface area contributed by atoms with Crippen LogP contribution in [0.5, 0.6) is 0 Å². The molecular weight excluding hydrogens is 409 g/mol. The Morgan fingerprint density at radius 3 is 2.64 bits per heavy atom. The quantitative estimate of drug-likeness (QED) is 0.433. The zero-order chi connectivity index (χ0) is 15.2. The Morgan fingerprint density at radius 2 is 2.09 bits per heavy atom. The molecule has 0 aliphatic rings. The van der Waals surface area contributed by atoms with Gasteiger partial charge < -0.3 is 15.2 Å². The summed E-state index contributed by atoms with van der Waals surface area (Å²) in [5, 5.41) is 9.81. The summed E-state index contributed by atoms with van der Waals surface area (Å²) in [6.07, 6.45) is 4.13. The zero-order valence-electron chi connectivity index (χ0n) is 13.5. The first-order chi connectivity index (χ1) is 10.1. The number of hydrogen-bond donors (Lipinski definition) is 2. The molecule has 0 unspecified atom stereocenters. The third kappa shape index (κ3) is 5.60. The van der Waals surface area contributed by atoms with Crippen LogP contribution in [-0.4, -0.2) is 22.6 Å². The Kier molecular flexibility index (Phi) is 7.88. The lowest BCUT2D eigenvalue weighted by Crippen LogP contribution is -2.36. The van der Waals surface area contributed by atoms with E-state index in [1.54, 1.807) is 18.4 Å². The second-order valence-corrected chi connectivity index (χ2v) is 6.23. The van der Waals surface area contributed by atoms with Gasteiger partial charge in [-0.1, -0.05) is 13.8 Å². The molecule has 7 heteroatoms. The number of halogens is 1. The van der Waals surface area contributed by atoms with Crippen LogP contribution in [0.15, 0.2) is 28.8 Å². The minimum atomic E-state index is 0. The molecule has 0 amide bonds. The van der Waals surface area contributed by atoms with Crippen molar-refractivity contribution in [2.75, 3.05) is 7.05 Å². The van der Waals surface area contributed by atoms with Crippen molar-refractivity contribution in [2.24, 2.45) is 12.0 Å². The van der Waals surface area contributed by atoms with Crippen LogP contribution in [0.25, 0.3) is 0 Å². The van der Waals surface area contributed by atoms with Gasteiger partial charge in [-0.05, 0) is 17.5 Å². The molecule has 0 atom stereocenters. The number of aryl methyl sites for hydroxylation is 1. The summed E-state index contributed by atoms with van der Waals surface area (Å²) in [7, 11) is 3.80. The molecule has 2 rings (SSSR count). The summed E-state index contributed by atoms with van der Waals surface area (Å²) in [6, 6.07) is 2.09. The summed E-state index contributed by atoms with van der Waals surface area (Å²) in [5.41, 5.74) is 2.39. The van der Waals surface area contributed by atoms with E-state index in [1.807, 2.05) is 17.8 Å². The number of hydrogen-bond acceptors (Lipinski definition) is 3. The van der Waals surface area contributed by atoms with Gasteiger partial charge in [-0.15, -0.1) is 35.3 Å². The summed E-state index contributed by atoms with van der Waals surface area (Å²) in [4.78, 5) is 8.84. The highest BCUT2D eigenvalue weighted by Gasteiger charge is 2.06. The maximum Gasteiger partial charge on any atom is 0.191 e. The van der Waals surface area contributed by atoms with Gasteiger partial charge in [0.25, 0.3) is 0 Å². The van der Waals surface area contributed by atoms with E-state index < -0.39 is 0 Å². The lowest BCUT2D eigenvalue weighted by atomic mass is 10.2. The number of nitrogens with zero attached hydrogens (tertiary/aromatic N) is 3. The highest BCUT2D eigenvalue weighted by Crippen LogP contribution is 2.17. The predicted octanol–water partition coefficient (Wildman–Crippen LogP) is 3.09. The van der Waals surface area contributed by atoms with Crippen LogP contribution < -0.4 is 10.6 Å². The average molecular weight is 433 g/mol.